The van der Waals surface area contributed by atoms with Gasteiger partial charge in [0.1, 0.15) is 5.82 Å². The van der Waals surface area contributed by atoms with Crippen LogP contribution < -0.4 is 10.6 Å². The van der Waals surface area contributed by atoms with E-state index >= 15 is 0 Å². The number of carbonyl (C=O) groups is 1. The Morgan fingerprint density at radius 1 is 1.27 bits per heavy atom. The Morgan fingerprint density at radius 2 is 1.82 bits per heavy atom. The standard InChI is InChI=1S/C15H24N4O.C2H6/c1-10-5-6-14(17-7-10)18-8-11(2)19(12(3)9-18)15(20)13(4)16;1-2/h5-7,11-13H,8-9,16H2,1-4H3;1-2H3. The molecule has 0 saturated carbocycles. The van der Waals surface area contributed by atoms with Crippen LogP contribution in [-0.2, 0) is 4.79 Å². The summed E-state index contributed by atoms with van der Waals surface area (Å²) in [6, 6.07) is 3.94. The van der Waals surface area contributed by atoms with Gasteiger partial charge in [-0.1, -0.05) is 19.9 Å². The van der Waals surface area contributed by atoms with Crippen LogP contribution >= 0.6 is 0 Å². The number of piperazine rings is 1. The van der Waals surface area contributed by atoms with Crippen molar-refractivity contribution in [1.29, 1.82) is 0 Å². The van der Waals surface area contributed by atoms with E-state index in [1.807, 2.05) is 37.9 Å². The summed E-state index contributed by atoms with van der Waals surface area (Å²) in [5, 5.41) is 0. The lowest BCUT2D eigenvalue weighted by molar-refractivity contribution is -0.137. The molecule has 0 aromatic carbocycles. The van der Waals surface area contributed by atoms with Crippen LogP contribution in [0, 0.1) is 6.92 Å². The third-order valence-corrected chi connectivity index (χ3v) is 3.78. The lowest BCUT2D eigenvalue weighted by Gasteiger charge is -2.45. The van der Waals surface area contributed by atoms with E-state index in [1.165, 1.54) is 0 Å². The monoisotopic (exact) mass is 306 g/mol. The van der Waals surface area contributed by atoms with Crippen molar-refractivity contribution >= 4 is 11.7 Å². The summed E-state index contributed by atoms with van der Waals surface area (Å²) in [6.07, 6.45) is 1.88. The molecule has 0 spiro atoms. The molecule has 1 amide bonds. The van der Waals surface area contributed by atoms with Crippen molar-refractivity contribution < 1.29 is 4.79 Å². The summed E-state index contributed by atoms with van der Waals surface area (Å²) >= 11 is 0. The van der Waals surface area contributed by atoms with E-state index in [0.29, 0.717) is 0 Å². The molecule has 3 unspecified atom stereocenters. The molecule has 2 N–H and O–H groups in total. The Labute approximate surface area is 134 Å². The Morgan fingerprint density at radius 3 is 2.23 bits per heavy atom. The van der Waals surface area contributed by atoms with Crippen molar-refractivity contribution in [3.8, 4) is 0 Å². The molecular weight excluding hydrogens is 276 g/mol. The fraction of sp³-hybridized carbons (Fsp3) is 0.647. The highest BCUT2D eigenvalue weighted by Crippen LogP contribution is 2.21. The summed E-state index contributed by atoms with van der Waals surface area (Å²) in [5.74, 6) is 1.00. The highest BCUT2D eigenvalue weighted by Gasteiger charge is 2.34. The van der Waals surface area contributed by atoms with Gasteiger partial charge in [0.05, 0.1) is 6.04 Å². The number of aryl methyl sites for hydroxylation is 1. The lowest BCUT2D eigenvalue weighted by atomic mass is 10.1. The van der Waals surface area contributed by atoms with Crippen molar-refractivity contribution in [3.63, 3.8) is 0 Å². The number of hydrogen-bond donors (Lipinski definition) is 1. The number of hydrogen-bond acceptors (Lipinski definition) is 4. The van der Waals surface area contributed by atoms with Crippen LogP contribution in [0.25, 0.3) is 0 Å². The zero-order valence-corrected chi connectivity index (χ0v) is 14.7. The van der Waals surface area contributed by atoms with Gasteiger partial charge in [0.25, 0.3) is 0 Å². The van der Waals surface area contributed by atoms with E-state index in [1.54, 1.807) is 6.92 Å². The predicted octanol–water partition coefficient (Wildman–Crippen LogP) is 2.19. The maximum atomic E-state index is 12.2. The van der Waals surface area contributed by atoms with E-state index in [9.17, 15) is 4.79 Å². The highest BCUT2D eigenvalue weighted by atomic mass is 16.2. The quantitative estimate of drug-likeness (QED) is 0.910. The Bertz CT molecular complexity index is 460. The summed E-state index contributed by atoms with van der Waals surface area (Å²) in [5.41, 5.74) is 6.89. The molecule has 1 aliphatic rings. The number of amides is 1. The second-order valence-corrected chi connectivity index (χ2v) is 5.83. The third kappa shape index (κ3) is 4.19. The molecule has 2 heterocycles. The van der Waals surface area contributed by atoms with Crippen molar-refractivity contribution in [2.24, 2.45) is 5.73 Å². The van der Waals surface area contributed by atoms with Crippen LogP contribution in [0.15, 0.2) is 18.3 Å². The van der Waals surface area contributed by atoms with Crippen molar-refractivity contribution in [2.45, 2.75) is 59.7 Å². The van der Waals surface area contributed by atoms with Gasteiger partial charge in [-0.25, -0.2) is 4.98 Å². The van der Waals surface area contributed by atoms with E-state index in [0.717, 1.165) is 24.5 Å². The van der Waals surface area contributed by atoms with Crippen molar-refractivity contribution in [3.05, 3.63) is 23.9 Å². The summed E-state index contributed by atoms with van der Waals surface area (Å²) < 4.78 is 0. The fourth-order valence-corrected chi connectivity index (χ4v) is 2.83. The maximum Gasteiger partial charge on any atom is 0.239 e. The first-order valence-electron chi connectivity index (χ1n) is 8.15. The normalized spacial score (nSPS) is 22.7. The Balaban J connectivity index is 0.00000116. The van der Waals surface area contributed by atoms with Crippen molar-refractivity contribution in [1.82, 2.24) is 9.88 Å². The summed E-state index contributed by atoms with van der Waals surface area (Å²) in [6.45, 7) is 13.5. The van der Waals surface area contributed by atoms with E-state index in [-0.39, 0.29) is 18.0 Å². The molecule has 5 heteroatoms. The average molecular weight is 306 g/mol. The molecule has 0 radical (unpaired) electrons. The van der Waals surface area contributed by atoms with Gasteiger partial charge in [0.2, 0.25) is 5.91 Å². The van der Waals surface area contributed by atoms with Gasteiger partial charge in [0, 0.05) is 31.4 Å². The first-order valence-corrected chi connectivity index (χ1v) is 8.15. The predicted molar refractivity (Wildman–Crippen MR) is 92.0 cm³/mol. The zero-order chi connectivity index (χ0) is 16.9. The first kappa shape index (κ1) is 18.4. The summed E-state index contributed by atoms with van der Waals surface area (Å²) in [4.78, 5) is 20.8. The van der Waals surface area contributed by atoms with Gasteiger partial charge in [-0.15, -0.1) is 0 Å². The number of nitrogens with two attached hydrogens (primary N) is 1. The van der Waals surface area contributed by atoms with E-state index < -0.39 is 6.04 Å². The molecule has 0 aliphatic carbocycles. The third-order valence-electron chi connectivity index (χ3n) is 3.78. The Kier molecular flexibility index (Phi) is 6.81. The van der Waals surface area contributed by atoms with Crippen LogP contribution in [-0.4, -0.2) is 47.0 Å². The molecule has 2 rings (SSSR count). The van der Waals surface area contributed by atoms with Gasteiger partial charge >= 0.3 is 0 Å². The largest absolute Gasteiger partial charge is 0.353 e. The number of rotatable bonds is 2. The van der Waals surface area contributed by atoms with Crippen LogP contribution in [0.4, 0.5) is 5.82 Å². The number of nitrogens with zero attached hydrogens (tertiary/aromatic N) is 3. The fourth-order valence-electron chi connectivity index (χ4n) is 2.83. The minimum atomic E-state index is -0.441. The second kappa shape index (κ2) is 8.13. The van der Waals surface area contributed by atoms with E-state index in [2.05, 4.69) is 29.8 Å². The topological polar surface area (TPSA) is 62.5 Å². The zero-order valence-electron chi connectivity index (χ0n) is 14.7. The second-order valence-electron chi connectivity index (χ2n) is 5.83. The smallest absolute Gasteiger partial charge is 0.239 e. The van der Waals surface area contributed by atoms with Crippen LogP contribution in [0.3, 0.4) is 0 Å². The Hall–Kier alpha value is -1.62. The molecule has 1 saturated heterocycles. The summed E-state index contributed by atoms with van der Waals surface area (Å²) in [7, 11) is 0. The molecule has 22 heavy (non-hydrogen) atoms. The molecule has 1 fully saturated rings. The van der Waals surface area contributed by atoms with Crippen LogP contribution in [0.2, 0.25) is 0 Å². The molecular formula is C17H30N4O. The molecule has 1 aromatic rings. The maximum absolute atomic E-state index is 12.2. The molecule has 5 nitrogen and oxygen atoms in total. The molecule has 0 bridgehead atoms. The van der Waals surface area contributed by atoms with Gasteiger partial charge in [-0.2, -0.15) is 0 Å². The number of aromatic nitrogens is 1. The lowest BCUT2D eigenvalue weighted by Crippen LogP contribution is -2.61. The van der Waals surface area contributed by atoms with Crippen LogP contribution in [0.5, 0.6) is 0 Å². The first-order chi connectivity index (χ1) is 10.4. The molecule has 1 aliphatic heterocycles. The number of pyridine rings is 1. The minimum Gasteiger partial charge on any atom is -0.353 e. The number of carbonyl (C=O) groups excluding carboxylic acids is 1. The van der Waals surface area contributed by atoms with E-state index in [4.69, 9.17) is 5.73 Å². The molecule has 3 atom stereocenters. The van der Waals surface area contributed by atoms with Crippen molar-refractivity contribution in [2.75, 3.05) is 18.0 Å². The van der Waals surface area contributed by atoms with Gasteiger partial charge < -0.3 is 15.5 Å². The SMILES string of the molecule is CC.Cc1ccc(N2CC(C)N(C(=O)C(C)N)C(C)C2)nc1. The minimum absolute atomic E-state index is 0.0292. The highest BCUT2D eigenvalue weighted by molar-refractivity contribution is 5.82. The molecule has 124 valence electrons. The number of anilines is 1. The van der Waals surface area contributed by atoms with Crippen LogP contribution in [0.1, 0.15) is 40.2 Å². The van der Waals surface area contributed by atoms with Gasteiger partial charge in [-0.3, -0.25) is 4.79 Å². The molecule has 1 aromatic heterocycles. The average Bonchev–Trinajstić information content (AvgIpc) is 2.49. The van der Waals surface area contributed by atoms with Gasteiger partial charge in [0.15, 0.2) is 0 Å². The van der Waals surface area contributed by atoms with Gasteiger partial charge in [-0.05, 0) is 39.3 Å².